The maximum absolute atomic E-state index is 11.6. The molecule has 0 aliphatic carbocycles. The number of aryl methyl sites for hydroxylation is 1. The van der Waals surface area contributed by atoms with Gasteiger partial charge in [-0.05, 0) is 29.5 Å². The molecule has 0 spiro atoms. The average Bonchev–Trinajstić information content (AvgIpc) is 3.22. The third-order valence-corrected chi connectivity index (χ3v) is 5.34. The molecule has 3 heteroatoms. The van der Waals surface area contributed by atoms with Crippen molar-refractivity contribution in [3.05, 3.63) is 126 Å². The zero-order chi connectivity index (χ0) is 19.9. The van der Waals surface area contributed by atoms with Crippen molar-refractivity contribution in [2.75, 3.05) is 0 Å². The van der Waals surface area contributed by atoms with Crippen LogP contribution in [0.2, 0.25) is 0 Å². The van der Waals surface area contributed by atoms with Crippen LogP contribution in [0.15, 0.2) is 104 Å². The van der Waals surface area contributed by atoms with Gasteiger partial charge in [-0.2, -0.15) is 0 Å². The standard InChI is InChI=1S/C26H26N2O/c29-26(24-14-8-3-9-15-24,18-22-10-4-1-5-11-22)17-16-25-20-28(21-27-25)19-23-12-6-2-7-13-23/h1-15,20-21,29H,16-19H2. The van der Waals surface area contributed by atoms with E-state index in [1.165, 1.54) is 5.56 Å². The Kier molecular flexibility index (Phi) is 5.87. The number of aliphatic hydroxyl groups is 1. The van der Waals surface area contributed by atoms with E-state index in [-0.39, 0.29) is 0 Å². The molecule has 0 aliphatic rings. The number of imidazole rings is 1. The van der Waals surface area contributed by atoms with Gasteiger partial charge in [-0.3, -0.25) is 0 Å². The van der Waals surface area contributed by atoms with Crippen LogP contribution in [0.3, 0.4) is 0 Å². The topological polar surface area (TPSA) is 38.0 Å². The Morgan fingerprint density at radius 3 is 2.00 bits per heavy atom. The molecule has 1 aromatic heterocycles. The minimum atomic E-state index is -0.925. The van der Waals surface area contributed by atoms with E-state index in [0.29, 0.717) is 12.8 Å². The van der Waals surface area contributed by atoms with E-state index in [2.05, 4.69) is 52.1 Å². The van der Waals surface area contributed by atoms with Crippen molar-refractivity contribution in [2.24, 2.45) is 0 Å². The largest absolute Gasteiger partial charge is 0.385 e. The number of hydrogen-bond acceptors (Lipinski definition) is 2. The minimum Gasteiger partial charge on any atom is -0.385 e. The molecule has 0 amide bonds. The van der Waals surface area contributed by atoms with Crippen LogP contribution in [0.4, 0.5) is 0 Å². The fraction of sp³-hybridized carbons (Fsp3) is 0.192. The molecule has 0 bridgehead atoms. The Morgan fingerprint density at radius 1 is 0.759 bits per heavy atom. The Labute approximate surface area is 172 Å². The fourth-order valence-corrected chi connectivity index (χ4v) is 3.77. The van der Waals surface area contributed by atoms with E-state index in [1.54, 1.807) is 0 Å². The van der Waals surface area contributed by atoms with Crippen LogP contribution in [0.5, 0.6) is 0 Å². The minimum absolute atomic E-state index is 0.586. The molecule has 146 valence electrons. The second kappa shape index (κ2) is 8.89. The summed E-state index contributed by atoms with van der Waals surface area (Å²) in [7, 11) is 0. The Bertz CT molecular complexity index is 1010. The molecule has 1 unspecified atom stereocenters. The molecule has 3 nitrogen and oxygen atoms in total. The van der Waals surface area contributed by atoms with Crippen LogP contribution in [0.25, 0.3) is 0 Å². The average molecular weight is 383 g/mol. The molecule has 3 aromatic carbocycles. The van der Waals surface area contributed by atoms with Crippen molar-refractivity contribution in [3.8, 4) is 0 Å². The molecule has 0 fully saturated rings. The zero-order valence-corrected chi connectivity index (χ0v) is 16.5. The van der Waals surface area contributed by atoms with Gasteiger partial charge in [0.25, 0.3) is 0 Å². The lowest BCUT2D eigenvalue weighted by Crippen LogP contribution is -2.29. The van der Waals surface area contributed by atoms with Crippen LogP contribution < -0.4 is 0 Å². The van der Waals surface area contributed by atoms with Crippen molar-refractivity contribution in [2.45, 2.75) is 31.4 Å². The van der Waals surface area contributed by atoms with Crippen molar-refractivity contribution in [3.63, 3.8) is 0 Å². The summed E-state index contributed by atoms with van der Waals surface area (Å²) in [5, 5.41) is 11.6. The first-order chi connectivity index (χ1) is 14.2. The molecule has 0 saturated heterocycles. The molecule has 4 aromatic rings. The van der Waals surface area contributed by atoms with Crippen LogP contribution in [0, 0.1) is 0 Å². The van der Waals surface area contributed by atoms with Crippen molar-refractivity contribution >= 4 is 0 Å². The van der Waals surface area contributed by atoms with Gasteiger partial charge in [-0.1, -0.05) is 91.0 Å². The summed E-state index contributed by atoms with van der Waals surface area (Å²) in [6.45, 7) is 0.806. The number of hydrogen-bond donors (Lipinski definition) is 1. The van der Waals surface area contributed by atoms with Crippen LogP contribution in [-0.4, -0.2) is 14.7 Å². The van der Waals surface area contributed by atoms with Crippen molar-refractivity contribution in [1.29, 1.82) is 0 Å². The maximum Gasteiger partial charge on any atom is 0.0952 e. The SMILES string of the molecule is OC(CCc1cn(Cc2ccccc2)cn1)(Cc1ccccc1)c1ccccc1. The maximum atomic E-state index is 11.6. The molecule has 1 N–H and O–H groups in total. The predicted molar refractivity (Wildman–Crippen MR) is 117 cm³/mol. The summed E-state index contributed by atoms with van der Waals surface area (Å²) in [6.07, 6.45) is 5.89. The zero-order valence-electron chi connectivity index (χ0n) is 16.5. The quantitative estimate of drug-likeness (QED) is 0.466. The van der Waals surface area contributed by atoms with Gasteiger partial charge in [0.1, 0.15) is 0 Å². The number of benzene rings is 3. The van der Waals surface area contributed by atoms with E-state index < -0.39 is 5.60 Å². The number of aromatic nitrogens is 2. The van der Waals surface area contributed by atoms with Gasteiger partial charge in [-0.15, -0.1) is 0 Å². The molecule has 0 saturated carbocycles. The summed E-state index contributed by atoms with van der Waals surface area (Å²) < 4.78 is 2.10. The highest BCUT2D eigenvalue weighted by molar-refractivity contribution is 5.27. The summed E-state index contributed by atoms with van der Waals surface area (Å²) >= 11 is 0. The molecule has 0 radical (unpaired) electrons. The summed E-state index contributed by atoms with van der Waals surface area (Å²) in [6, 6.07) is 30.5. The first kappa shape index (κ1) is 19.2. The second-order valence-electron chi connectivity index (χ2n) is 7.58. The van der Waals surface area contributed by atoms with Crippen LogP contribution >= 0.6 is 0 Å². The summed E-state index contributed by atoms with van der Waals surface area (Å²) in [4.78, 5) is 4.57. The lowest BCUT2D eigenvalue weighted by atomic mass is 9.83. The molecule has 4 rings (SSSR count). The van der Waals surface area contributed by atoms with Crippen molar-refractivity contribution in [1.82, 2.24) is 9.55 Å². The second-order valence-corrected chi connectivity index (χ2v) is 7.58. The van der Waals surface area contributed by atoms with E-state index in [9.17, 15) is 5.11 Å². The molecule has 1 heterocycles. The van der Waals surface area contributed by atoms with Gasteiger partial charge in [0.2, 0.25) is 0 Å². The summed E-state index contributed by atoms with van der Waals surface area (Å²) in [5.41, 5.74) is 3.41. The van der Waals surface area contributed by atoms with Crippen molar-refractivity contribution < 1.29 is 5.11 Å². The monoisotopic (exact) mass is 382 g/mol. The van der Waals surface area contributed by atoms with Gasteiger partial charge in [0.05, 0.1) is 17.6 Å². The van der Waals surface area contributed by atoms with Gasteiger partial charge in [0, 0.05) is 19.2 Å². The van der Waals surface area contributed by atoms with Gasteiger partial charge in [-0.25, -0.2) is 4.98 Å². The molecule has 29 heavy (non-hydrogen) atoms. The third-order valence-electron chi connectivity index (χ3n) is 5.34. The molecular formula is C26H26N2O. The molecule has 0 aliphatic heterocycles. The van der Waals surface area contributed by atoms with E-state index in [0.717, 1.165) is 29.8 Å². The predicted octanol–water partition coefficient (Wildman–Crippen LogP) is 4.99. The van der Waals surface area contributed by atoms with E-state index in [4.69, 9.17) is 0 Å². The Balaban J connectivity index is 1.48. The van der Waals surface area contributed by atoms with Gasteiger partial charge < -0.3 is 9.67 Å². The first-order valence-electron chi connectivity index (χ1n) is 10.1. The lowest BCUT2D eigenvalue weighted by molar-refractivity contribution is 0.0277. The Hall–Kier alpha value is -3.17. The highest BCUT2D eigenvalue weighted by atomic mass is 16.3. The number of nitrogens with zero attached hydrogens (tertiary/aromatic N) is 2. The first-order valence-corrected chi connectivity index (χ1v) is 10.1. The normalized spacial score (nSPS) is 13.1. The fourth-order valence-electron chi connectivity index (χ4n) is 3.77. The van der Waals surface area contributed by atoms with E-state index >= 15 is 0 Å². The van der Waals surface area contributed by atoms with Crippen LogP contribution in [0.1, 0.15) is 28.8 Å². The highest BCUT2D eigenvalue weighted by Crippen LogP contribution is 2.30. The highest BCUT2D eigenvalue weighted by Gasteiger charge is 2.29. The van der Waals surface area contributed by atoms with Gasteiger partial charge in [0.15, 0.2) is 0 Å². The lowest BCUT2D eigenvalue weighted by Gasteiger charge is -2.29. The molecule has 1 atom stereocenters. The summed E-state index contributed by atoms with van der Waals surface area (Å²) in [5.74, 6) is 0. The van der Waals surface area contributed by atoms with Gasteiger partial charge >= 0.3 is 0 Å². The van der Waals surface area contributed by atoms with E-state index in [1.807, 2.05) is 60.9 Å². The Morgan fingerprint density at radius 2 is 1.34 bits per heavy atom. The third kappa shape index (κ3) is 5.01. The molecular weight excluding hydrogens is 356 g/mol. The van der Waals surface area contributed by atoms with Crippen LogP contribution in [-0.2, 0) is 25.0 Å². The smallest absolute Gasteiger partial charge is 0.0952 e. The number of rotatable bonds is 8.